The molecule has 5 amide bonds. The van der Waals surface area contributed by atoms with Gasteiger partial charge in [0.15, 0.2) is 0 Å². The summed E-state index contributed by atoms with van der Waals surface area (Å²) in [4.78, 5) is 67.5. The van der Waals surface area contributed by atoms with Gasteiger partial charge in [-0.1, -0.05) is 42.0 Å². The topological polar surface area (TPSA) is 166 Å². The molecule has 11 atom stereocenters. The molecule has 10 heterocycles. The van der Waals surface area contributed by atoms with E-state index >= 15 is 0 Å². The van der Waals surface area contributed by atoms with Gasteiger partial charge in [-0.15, -0.1) is 6.54 Å². The van der Waals surface area contributed by atoms with Crippen LogP contribution in [0.1, 0.15) is 150 Å². The summed E-state index contributed by atoms with van der Waals surface area (Å²) in [7, 11) is 32.0. The van der Waals surface area contributed by atoms with Gasteiger partial charge in [-0.05, 0) is 160 Å². The van der Waals surface area contributed by atoms with E-state index in [0.29, 0.717) is 37.8 Å². The van der Waals surface area contributed by atoms with Gasteiger partial charge in [-0.2, -0.15) is 6.42 Å². The molecule has 11 unspecified atom stereocenters. The van der Waals surface area contributed by atoms with Crippen LogP contribution in [0, 0.1) is 67.1 Å². The van der Waals surface area contributed by atoms with Crippen molar-refractivity contribution in [3.8, 4) is 0 Å². The fourth-order valence-electron chi connectivity index (χ4n) is 12.1. The molecule has 10 aliphatic heterocycles. The Morgan fingerprint density at radius 1 is 0.566 bits per heavy atom. The van der Waals surface area contributed by atoms with Crippen molar-refractivity contribution in [1.82, 2.24) is 24.5 Å². The van der Waals surface area contributed by atoms with Gasteiger partial charge in [-0.25, -0.2) is 0 Å². The Balaban J connectivity index is 0.000000885. The van der Waals surface area contributed by atoms with Crippen LogP contribution in [-0.2, 0) is 65.7 Å². The monoisotopic (exact) mass is 1280 g/mol. The average Bonchev–Trinajstić information content (AvgIpc) is 4.24. The SMILES string of the molecule is C.CC.CCC12C[CH-]CN1C(=O)C(C)=C2C.COP.COP.[B]C12CC(C)CN1C(=O)C(C)=C2C.[B]C12CC(C)CN1C(=O)C(C)=C2C.[B]C12CC(N)CN1C(=O)C(C)=C2C.[B]C12CC(O)CN1C(=O)C(C)=C2C.[Xe].[Y]. The van der Waals surface area contributed by atoms with Crippen molar-refractivity contribution >= 4 is 79.9 Å². The summed E-state index contributed by atoms with van der Waals surface area (Å²) < 4.78 is 8.33. The van der Waals surface area contributed by atoms with Crippen LogP contribution in [-0.4, -0.2) is 177 Å². The fourth-order valence-corrected chi connectivity index (χ4v) is 12.1. The molecule has 0 saturated carbocycles. The minimum atomic E-state index is -0.708. The van der Waals surface area contributed by atoms with E-state index in [2.05, 4.69) is 62.1 Å². The summed E-state index contributed by atoms with van der Waals surface area (Å²) in [6.07, 6.45) is 6.78. The van der Waals surface area contributed by atoms with Gasteiger partial charge in [0.2, 0.25) is 29.5 Å². The number of hydrogen-bond acceptors (Lipinski definition) is 9. The van der Waals surface area contributed by atoms with Crippen molar-refractivity contribution in [2.75, 3.05) is 46.9 Å². The third kappa shape index (κ3) is 14.2. The maximum absolute atomic E-state index is 11.8. The summed E-state index contributed by atoms with van der Waals surface area (Å²) in [5.41, 5.74) is 13.1. The molecule has 9 radical (unpaired) electrons. The van der Waals surface area contributed by atoms with Crippen LogP contribution in [0.2, 0.25) is 0 Å². The molecule has 0 bridgehead atoms. The molecule has 0 aromatic rings. The first-order valence-corrected chi connectivity index (χ1v) is 26.6. The number of hydrogen-bond donors (Lipinski definition) is 2. The van der Waals surface area contributed by atoms with Crippen molar-refractivity contribution in [2.24, 2.45) is 17.6 Å². The molecule has 0 aliphatic carbocycles. The first-order chi connectivity index (χ1) is 33.8. The predicted molar refractivity (Wildman–Crippen MR) is 309 cm³/mol. The number of nitrogens with two attached hydrogens (primary N) is 1. The molecular formula is C54H89B4N6O8P2XeY-. The molecule has 76 heavy (non-hydrogen) atoms. The normalized spacial score (nSPS) is 32.8. The van der Waals surface area contributed by atoms with Gasteiger partial charge in [0.1, 0.15) is 31.4 Å². The first kappa shape index (κ1) is 75.7. The minimum absolute atomic E-state index is 0. The van der Waals surface area contributed by atoms with Gasteiger partial charge < -0.3 is 50.8 Å². The van der Waals surface area contributed by atoms with Gasteiger partial charge in [-0.3, -0.25) is 24.0 Å². The summed E-state index contributed by atoms with van der Waals surface area (Å²) >= 11 is 0. The Bertz CT molecular complexity index is 2070. The van der Waals surface area contributed by atoms with E-state index in [-0.39, 0.29) is 130 Å². The Kier molecular flexibility index (Phi) is 30.2. The Labute approximate surface area is 534 Å². The van der Waals surface area contributed by atoms with E-state index in [1.54, 1.807) is 30.9 Å². The fraction of sp³-hybridized carbons (Fsp3) is 0.704. The van der Waals surface area contributed by atoms with Crippen LogP contribution in [0.4, 0.5) is 0 Å². The average molecular weight is 1280 g/mol. The van der Waals surface area contributed by atoms with Gasteiger partial charge in [0.05, 0.1) is 6.10 Å². The van der Waals surface area contributed by atoms with Crippen LogP contribution in [0.5, 0.6) is 0 Å². The maximum atomic E-state index is 11.8. The predicted octanol–water partition coefficient (Wildman–Crippen LogP) is 6.12. The molecule has 0 aromatic heterocycles. The van der Waals surface area contributed by atoms with Crippen LogP contribution in [0.15, 0.2) is 55.7 Å². The molecule has 10 aliphatic rings. The smallest absolute Gasteiger partial charge is 0.249 e. The number of aliphatic hydroxyl groups is 1. The second-order valence-electron chi connectivity index (χ2n) is 21.3. The van der Waals surface area contributed by atoms with E-state index in [4.69, 9.17) is 37.1 Å². The Morgan fingerprint density at radius 3 is 1.13 bits per heavy atom. The van der Waals surface area contributed by atoms with E-state index in [0.717, 1.165) is 95.5 Å². The third-order valence-corrected chi connectivity index (χ3v) is 17.0. The molecule has 417 valence electrons. The molecule has 14 nitrogen and oxygen atoms in total. The molecule has 0 aromatic carbocycles. The quantitative estimate of drug-likeness (QED) is 0.179. The summed E-state index contributed by atoms with van der Waals surface area (Å²) in [6.45, 7) is 33.0. The molecule has 3 N–H and O–H groups in total. The zero-order valence-electron chi connectivity index (χ0n) is 48.2. The van der Waals surface area contributed by atoms with Crippen molar-refractivity contribution in [1.29, 1.82) is 0 Å². The van der Waals surface area contributed by atoms with Gasteiger partial charge in [0.25, 0.3) is 0 Å². The van der Waals surface area contributed by atoms with Crippen molar-refractivity contribution in [3.63, 3.8) is 0 Å². The van der Waals surface area contributed by atoms with Crippen LogP contribution < -0.4 is 5.73 Å². The summed E-state index contributed by atoms with van der Waals surface area (Å²) in [6, 6.07) is 0.0250. The van der Waals surface area contributed by atoms with E-state index in [9.17, 15) is 29.1 Å². The number of carbonyl (C=O) groups is 5. The number of carbonyl (C=O) groups excluding carboxylic acids is 5. The van der Waals surface area contributed by atoms with Crippen molar-refractivity contribution < 1.29 is 120 Å². The van der Waals surface area contributed by atoms with Gasteiger partial charge >= 0.3 is 0 Å². The number of rotatable bonds is 1. The second-order valence-corrected chi connectivity index (χ2v) is 22.3. The minimum Gasteiger partial charge on any atom is -0.391 e. The number of nitrogens with zero attached hydrogens (tertiary/aromatic N) is 5. The molecule has 10 rings (SSSR count). The molecule has 22 heteroatoms. The Hall–Kier alpha value is -0.315. The van der Waals surface area contributed by atoms with Gasteiger partial charge in [0, 0.05) is 183 Å². The number of amides is 5. The zero-order valence-corrected chi connectivity index (χ0v) is 55.3. The zero-order chi connectivity index (χ0) is 56.3. The molecule has 0 spiro atoms. The van der Waals surface area contributed by atoms with E-state index in [1.807, 2.05) is 83.9 Å². The van der Waals surface area contributed by atoms with Crippen molar-refractivity contribution in [2.45, 2.75) is 189 Å². The largest absolute Gasteiger partial charge is 0.391 e. The molecule has 5 fully saturated rings. The van der Waals surface area contributed by atoms with Crippen molar-refractivity contribution in [3.05, 3.63) is 62.2 Å². The third-order valence-electron chi connectivity index (χ3n) is 17.0. The molecular weight excluding hydrogens is 1190 g/mol. The molecule has 5 saturated heterocycles. The van der Waals surface area contributed by atoms with Crippen LogP contribution in [0.25, 0.3) is 0 Å². The second kappa shape index (κ2) is 30.3. The summed E-state index contributed by atoms with van der Waals surface area (Å²) in [5, 5.41) is 9.43. The number of fused-ring (bicyclic) bond motifs is 5. The standard InChI is InChI=1S/C11H16NO.2C10H14BNO.C9H13BN2O.C9H12BNO2.C2H6.2CH5OP.CH4.Xe.Y/c1-4-11-6-5-7-12(11)10(13)8(2)9(11)3;2*1-6-4-10(11)8(3)7(2)9(13)12(10)5-6;1-5-6(2)9(10)3-7(11)4-12(9)8(5)13;1-5-6(2)9(10)3-7(12)4-11(9)8(5)13;1-2;2*1-2-3;;;/h5H,4,6-7H2,1-3H3;2*6H,4-5H2,1-3H3;7H,3-4,11H2,1-2H3;7,12H,3-4H2,1-2H3;1-2H3;2*3H2,1H3;1H4;;/q-1;;;;;;;;;;. The van der Waals surface area contributed by atoms with E-state index < -0.39 is 27.9 Å². The summed E-state index contributed by atoms with van der Waals surface area (Å²) in [5.74, 6) is 1.57. The van der Waals surface area contributed by atoms with Crippen LogP contribution in [0.3, 0.4) is 0 Å². The maximum Gasteiger partial charge on any atom is 0.249 e. The Morgan fingerprint density at radius 2 is 0.842 bits per heavy atom. The first-order valence-electron chi connectivity index (χ1n) is 25.7. The van der Waals surface area contributed by atoms with Crippen LogP contribution >= 0.6 is 18.9 Å². The van der Waals surface area contributed by atoms with E-state index in [1.165, 1.54) is 5.57 Å². The number of aliphatic hydroxyl groups excluding tert-OH is 1.